The van der Waals surface area contributed by atoms with E-state index in [2.05, 4.69) is 15.5 Å². The first-order valence-corrected chi connectivity index (χ1v) is 8.61. The Morgan fingerprint density at radius 3 is 2.46 bits per heavy atom. The van der Waals surface area contributed by atoms with Crippen molar-refractivity contribution in [2.75, 3.05) is 5.32 Å². The van der Waals surface area contributed by atoms with Gasteiger partial charge in [0.15, 0.2) is 0 Å². The summed E-state index contributed by atoms with van der Waals surface area (Å²) >= 11 is 0. The molecule has 1 fully saturated rings. The number of H-pyrrole nitrogens is 1. The molecule has 2 aromatic rings. The Morgan fingerprint density at radius 2 is 1.83 bits per heavy atom. The van der Waals surface area contributed by atoms with Crippen LogP contribution in [0.25, 0.3) is 0 Å². The van der Waals surface area contributed by atoms with Gasteiger partial charge in [0.25, 0.3) is 5.56 Å². The molecule has 0 saturated heterocycles. The van der Waals surface area contributed by atoms with Crippen molar-refractivity contribution in [1.82, 2.24) is 19.6 Å². The Balaban J connectivity index is 1.88. The largest absolute Gasteiger partial charge is 0.311 e. The summed E-state index contributed by atoms with van der Waals surface area (Å²) in [5.74, 6) is 0.394. The number of nitrogens with one attached hydrogen (secondary N) is 2. The second kappa shape index (κ2) is 5.36. The predicted molar refractivity (Wildman–Crippen MR) is 90.3 cm³/mol. The Hall–Kier alpha value is -2.31. The van der Waals surface area contributed by atoms with E-state index in [9.17, 15) is 9.59 Å². The van der Waals surface area contributed by atoms with Crippen molar-refractivity contribution in [2.24, 2.45) is 7.05 Å². The van der Waals surface area contributed by atoms with Crippen LogP contribution in [0.2, 0.25) is 0 Å². The molecule has 0 aromatic carbocycles. The van der Waals surface area contributed by atoms with Gasteiger partial charge in [-0.15, -0.1) is 0 Å². The highest BCUT2D eigenvalue weighted by Gasteiger charge is 2.36. The second-order valence-corrected chi connectivity index (χ2v) is 7.02. The van der Waals surface area contributed by atoms with E-state index in [1.54, 1.807) is 0 Å². The summed E-state index contributed by atoms with van der Waals surface area (Å²) in [5, 5.41) is 10.4. The summed E-state index contributed by atoms with van der Waals surface area (Å²) in [5.41, 5.74) is 3.48. The fourth-order valence-electron chi connectivity index (χ4n) is 4.36. The van der Waals surface area contributed by atoms with Gasteiger partial charge >= 0.3 is 0 Å². The van der Waals surface area contributed by atoms with Gasteiger partial charge in [-0.3, -0.25) is 24.1 Å². The van der Waals surface area contributed by atoms with E-state index in [-0.39, 0.29) is 29.8 Å². The maximum atomic E-state index is 12.7. The van der Waals surface area contributed by atoms with E-state index < -0.39 is 0 Å². The normalized spacial score (nSPS) is 21.1. The SMILES string of the molecule is Cc1nn(C)c(C)c1[C@H]1CC(=O)Nc2c1c(=O)[nH]n2C1CCCC1. The van der Waals surface area contributed by atoms with Crippen molar-refractivity contribution in [1.29, 1.82) is 0 Å². The maximum absolute atomic E-state index is 12.7. The molecule has 2 aromatic heterocycles. The molecule has 2 N–H and O–H groups in total. The number of anilines is 1. The van der Waals surface area contributed by atoms with Crippen molar-refractivity contribution in [3.05, 3.63) is 32.9 Å². The minimum absolute atomic E-state index is 0.0408. The number of aromatic amines is 1. The number of carbonyl (C=O) groups is 1. The lowest BCUT2D eigenvalue weighted by Gasteiger charge is -2.25. The zero-order valence-electron chi connectivity index (χ0n) is 14.3. The first-order valence-electron chi connectivity index (χ1n) is 8.61. The standard InChI is InChI=1S/C17H23N5O2/c1-9-14(10(2)21(3)19-9)12-8-13(23)18-16-15(12)17(24)20-22(16)11-6-4-5-7-11/h11-12H,4-8H2,1-3H3,(H,18,23)(H,20,24)/t12-/m1/s1. The molecule has 0 spiro atoms. The zero-order valence-corrected chi connectivity index (χ0v) is 14.3. The van der Waals surface area contributed by atoms with Gasteiger partial charge in [0, 0.05) is 30.6 Å². The molecule has 3 heterocycles. The Labute approximate surface area is 140 Å². The molecule has 4 rings (SSSR count). The van der Waals surface area contributed by atoms with Gasteiger partial charge < -0.3 is 5.32 Å². The summed E-state index contributed by atoms with van der Waals surface area (Å²) < 4.78 is 3.72. The Kier molecular flexibility index (Phi) is 3.40. The Morgan fingerprint density at radius 1 is 1.12 bits per heavy atom. The van der Waals surface area contributed by atoms with Crippen LogP contribution < -0.4 is 10.9 Å². The van der Waals surface area contributed by atoms with Crippen LogP contribution >= 0.6 is 0 Å². The Bertz CT molecular complexity index is 866. The topological polar surface area (TPSA) is 84.7 Å². The van der Waals surface area contributed by atoms with Crippen LogP contribution in [0.3, 0.4) is 0 Å². The summed E-state index contributed by atoms with van der Waals surface area (Å²) in [6.45, 7) is 3.93. The van der Waals surface area contributed by atoms with Crippen LogP contribution in [0, 0.1) is 13.8 Å². The lowest BCUT2D eigenvalue weighted by molar-refractivity contribution is -0.116. The van der Waals surface area contributed by atoms with Gasteiger partial charge in [-0.25, -0.2) is 0 Å². The van der Waals surface area contributed by atoms with Gasteiger partial charge in [0.2, 0.25) is 5.91 Å². The van der Waals surface area contributed by atoms with Gasteiger partial charge in [0.05, 0.1) is 17.3 Å². The molecule has 1 aliphatic heterocycles. The van der Waals surface area contributed by atoms with Gasteiger partial charge in [-0.2, -0.15) is 5.10 Å². The lowest BCUT2D eigenvalue weighted by Crippen LogP contribution is -2.27. The number of amides is 1. The number of aryl methyl sites for hydroxylation is 2. The van der Waals surface area contributed by atoms with Crippen molar-refractivity contribution in [2.45, 2.75) is 57.9 Å². The molecule has 1 saturated carbocycles. The van der Waals surface area contributed by atoms with Crippen LogP contribution in [-0.4, -0.2) is 25.5 Å². The van der Waals surface area contributed by atoms with Gasteiger partial charge in [0.1, 0.15) is 5.82 Å². The number of hydrogen-bond acceptors (Lipinski definition) is 3. The minimum atomic E-state index is -0.228. The van der Waals surface area contributed by atoms with E-state index in [0.717, 1.165) is 42.6 Å². The minimum Gasteiger partial charge on any atom is -0.311 e. The zero-order chi connectivity index (χ0) is 17.0. The highest BCUT2D eigenvalue weighted by molar-refractivity contribution is 5.94. The number of rotatable bonds is 2. The highest BCUT2D eigenvalue weighted by Crippen LogP contribution is 2.40. The first kappa shape index (κ1) is 15.2. The molecule has 1 aliphatic carbocycles. The third-order valence-corrected chi connectivity index (χ3v) is 5.56. The predicted octanol–water partition coefficient (Wildman–Crippen LogP) is 2.12. The van der Waals surface area contributed by atoms with Crippen molar-refractivity contribution < 1.29 is 4.79 Å². The van der Waals surface area contributed by atoms with Crippen LogP contribution in [0.4, 0.5) is 5.82 Å². The molecule has 7 nitrogen and oxygen atoms in total. The molecule has 24 heavy (non-hydrogen) atoms. The molecule has 1 amide bonds. The lowest BCUT2D eigenvalue weighted by atomic mass is 9.86. The van der Waals surface area contributed by atoms with Gasteiger partial charge in [-0.05, 0) is 26.7 Å². The molecule has 0 unspecified atom stereocenters. The maximum Gasteiger partial charge on any atom is 0.270 e. The van der Waals surface area contributed by atoms with Crippen molar-refractivity contribution in [3.63, 3.8) is 0 Å². The average Bonchev–Trinajstić information content (AvgIpc) is 3.20. The molecule has 0 bridgehead atoms. The number of fused-ring (bicyclic) bond motifs is 1. The van der Waals surface area contributed by atoms with Gasteiger partial charge in [-0.1, -0.05) is 12.8 Å². The molecule has 1 atom stereocenters. The average molecular weight is 329 g/mol. The van der Waals surface area contributed by atoms with Crippen LogP contribution in [0.15, 0.2) is 4.79 Å². The van der Waals surface area contributed by atoms with E-state index in [1.807, 2.05) is 30.3 Å². The third kappa shape index (κ3) is 2.14. The number of nitrogens with zero attached hydrogens (tertiary/aromatic N) is 3. The molecule has 2 aliphatic rings. The fraction of sp³-hybridized carbons (Fsp3) is 0.588. The third-order valence-electron chi connectivity index (χ3n) is 5.56. The summed E-state index contributed by atoms with van der Waals surface area (Å²) in [4.78, 5) is 25.1. The summed E-state index contributed by atoms with van der Waals surface area (Å²) in [7, 11) is 1.89. The number of carbonyl (C=O) groups excluding carboxylic acids is 1. The van der Waals surface area contributed by atoms with Crippen LogP contribution in [0.1, 0.15) is 66.6 Å². The molecular formula is C17H23N5O2. The summed E-state index contributed by atoms with van der Waals surface area (Å²) in [6.07, 6.45) is 4.71. The first-order chi connectivity index (χ1) is 11.5. The second-order valence-electron chi connectivity index (χ2n) is 7.02. The van der Waals surface area contributed by atoms with E-state index in [1.165, 1.54) is 0 Å². The molecule has 0 radical (unpaired) electrons. The highest BCUT2D eigenvalue weighted by atomic mass is 16.2. The monoisotopic (exact) mass is 329 g/mol. The van der Waals surface area contributed by atoms with Crippen molar-refractivity contribution in [3.8, 4) is 0 Å². The molecular weight excluding hydrogens is 306 g/mol. The van der Waals surface area contributed by atoms with E-state index in [4.69, 9.17) is 0 Å². The van der Waals surface area contributed by atoms with Crippen LogP contribution in [-0.2, 0) is 11.8 Å². The smallest absolute Gasteiger partial charge is 0.270 e. The number of hydrogen-bond donors (Lipinski definition) is 2. The van der Waals surface area contributed by atoms with Crippen LogP contribution in [0.5, 0.6) is 0 Å². The number of aromatic nitrogens is 4. The molecule has 128 valence electrons. The van der Waals surface area contributed by atoms with E-state index >= 15 is 0 Å². The summed E-state index contributed by atoms with van der Waals surface area (Å²) in [6, 6.07) is 0.275. The fourth-order valence-corrected chi connectivity index (χ4v) is 4.36. The van der Waals surface area contributed by atoms with E-state index in [0.29, 0.717) is 11.4 Å². The van der Waals surface area contributed by atoms with Crippen molar-refractivity contribution >= 4 is 11.7 Å². The molecule has 7 heteroatoms. The quantitative estimate of drug-likeness (QED) is 0.885.